The normalized spacial score (nSPS) is 11.6. The van der Waals surface area contributed by atoms with E-state index in [4.69, 9.17) is 9.47 Å². The molecule has 0 N–H and O–H groups in total. The van der Waals surface area contributed by atoms with Gasteiger partial charge in [0.15, 0.2) is 0 Å². The Bertz CT molecular complexity index is 348. The van der Waals surface area contributed by atoms with E-state index in [9.17, 15) is 0 Å². The van der Waals surface area contributed by atoms with E-state index in [0.717, 1.165) is 10.2 Å². The van der Waals surface area contributed by atoms with Crippen LogP contribution in [0.3, 0.4) is 0 Å². The fourth-order valence-electron chi connectivity index (χ4n) is 1.64. The first-order valence-electron chi connectivity index (χ1n) is 5.43. The number of hydrogen-bond donors (Lipinski definition) is 0. The van der Waals surface area contributed by atoms with Gasteiger partial charge >= 0.3 is 0 Å². The molecule has 1 aromatic carbocycles. The lowest BCUT2D eigenvalue weighted by atomic mass is 9.85. The summed E-state index contributed by atoms with van der Waals surface area (Å²) in [6, 6.07) is 6.19. The van der Waals surface area contributed by atoms with Gasteiger partial charge in [0.05, 0.1) is 17.7 Å². The van der Waals surface area contributed by atoms with Gasteiger partial charge in [0.2, 0.25) is 0 Å². The molecule has 0 amide bonds. The maximum atomic E-state index is 5.49. The third-order valence-electron chi connectivity index (χ3n) is 2.52. The average molecular weight is 287 g/mol. The molecular formula is C13H19BrO2. The zero-order chi connectivity index (χ0) is 12.2. The fourth-order valence-corrected chi connectivity index (χ4v) is 2.13. The molecule has 0 heterocycles. The Kier molecular flexibility index (Phi) is 4.81. The first-order chi connectivity index (χ1) is 7.51. The summed E-state index contributed by atoms with van der Waals surface area (Å²) < 4.78 is 11.7. The number of halogens is 1. The Hall–Kier alpha value is -0.540. The molecule has 1 rings (SSSR count). The van der Waals surface area contributed by atoms with Crippen LogP contribution in [0.5, 0.6) is 5.75 Å². The van der Waals surface area contributed by atoms with Crippen LogP contribution in [0.4, 0.5) is 0 Å². The van der Waals surface area contributed by atoms with Crippen LogP contribution in [0, 0.1) is 0 Å². The molecule has 0 spiro atoms. The van der Waals surface area contributed by atoms with E-state index in [1.54, 1.807) is 7.11 Å². The van der Waals surface area contributed by atoms with Crippen molar-refractivity contribution in [2.45, 2.75) is 26.2 Å². The molecule has 0 radical (unpaired) electrons. The Morgan fingerprint density at radius 1 is 1.31 bits per heavy atom. The van der Waals surface area contributed by atoms with Crippen LogP contribution in [0.25, 0.3) is 0 Å². The molecule has 3 heteroatoms. The number of hydrogen-bond acceptors (Lipinski definition) is 2. The van der Waals surface area contributed by atoms with E-state index in [1.165, 1.54) is 5.56 Å². The predicted molar refractivity (Wildman–Crippen MR) is 70.2 cm³/mol. The van der Waals surface area contributed by atoms with Crippen LogP contribution in [0.15, 0.2) is 22.7 Å². The summed E-state index contributed by atoms with van der Waals surface area (Å²) in [7, 11) is 1.73. The van der Waals surface area contributed by atoms with Crippen LogP contribution < -0.4 is 4.74 Å². The van der Waals surface area contributed by atoms with Crippen LogP contribution in [0.1, 0.15) is 26.3 Å². The lowest BCUT2D eigenvalue weighted by Crippen LogP contribution is -2.23. The third-order valence-corrected chi connectivity index (χ3v) is 3.14. The Labute approximate surface area is 106 Å². The Balaban J connectivity index is 2.96. The SMILES string of the molecule is CCOc1ccc(C(C)(C)COC)cc1Br. The minimum atomic E-state index is 0.0159. The molecule has 0 saturated carbocycles. The van der Waals surface area contributed by atoms with E-state index < -0.39 is 0 Å². The molecule has 2 nitrogen and oxygen atoms in total. The monoisotopic (exact) mass is 286 g/mol. The van der Waals surface area contributed by atoms with Crippen molar-refractivity contribution in [1.82, 2.24) is 0 Å². The molecule has 0 aliphatic heterocycles. The van der Waals surface area contributed by atoms with Gasteiger partial charge in [-0.1, -0.05) is 19.9 Å². The summed E-state index contributed by atoms with van der Waals surface area (Å²) in [5.41, 5.74) is 1.26. The molecule has 1 aromatic rings. The van der Waals surface area contributed by atoms with E-state index in [2.05, 4.69) is 41.9 Å². The van der Waals surface area contributed by atoms with E-state index in [-0.39, 0.29) is 5.41 Å². The minimum absolute atomic E-state index is 0.0159. The molecule has 0 aliphatic rings. The van der Waals surface area contributed by atoms with Gasteiger partial charge in [0, 0.05) is 12.5 Å². The standard InChI is InChI=1S/C13H19BrO2/c1-5-16-12-7-6-10(8-11(12)14)13(2,3)9-15-4/h6-8H,5,9H2,1-4H3. The number of methoxy groups -OCH3 is 1. The van der Waals surface area contributed by atoms with Crippen molar-refractivity contribution in [3.8, 4) is 5.75 Å². The van der Waals surface area contributed by atoms with Gasteiger partial charge in [-0.3, -0.25) is 0 Å². The second kappa shape index (κ2) is 5.69. The average Bonchev–Trinajstić information content (AvgIpc) is 2.21. The molecule has 0 saturated heterocycles. The van der Waals surface area contributed by atoms with Crippen LogP contribution in [-0.2, 0) is 10.2 Å². The first-order valence-corrected chi connectivity index (χ1v) is 6.22. The summed E-state index contributed by atoms with van der Waals surface area (Å²) in [5.74, 6) is 0.888. The van der Waals surface area contributed by atoms with E-state index >= 15 is 0 Å². The van der Waals surface area contributed by atoms with Crippen molar-refractivity contribution >= 4 is 15.9 Å². The highest BCUT2D eigenvalue weighted by Gasteiger charge is 2.21. The summed E-state index contributed by atoms with van der Waals surface area (Å²) >= 11 is 3.53. The van der Waals surface area contributed by atoms with Crippen LogP contribution >= 0.6 is 15.9 Å². The molecule has 0 aromatic heterocycles. The smallest absolute Gasteiger partial charge is 0.133 e. The Morgan fingerprint density at radius 3 is 2.50 bits per heavy atom. The third kappa shape index (κ3) is 3.22. The van der Waals surface area contributed by atoms with Gasteiger partial charge in [-0.05, 0) is 40.5 Å². The van der Waals surface area contributed by atoms with Gasteiger partial charge in [0.1, 0.15) is 5.75 Å². The lowest BCUT2D eigenvalue weighted by molar-refractivity contribution is 0.146. The van der Waals surface area contributed by atoms with Crippen molar-refractivity contribution in [3.05, 3.63) is 28.2 Å². The molecule has 0 atom stereocenters. The predicted octanol–water partition coefficient (Wildman–Crippen LogP) is 3.77. The van der Waals surface area contributed by atoms with Gasteiger partial charge in [-0.2, -0.15) is 0 Å². The summed E-state index contributed by atoms with van der Waals surface area (Å²) in [6.07, 6.45) is 0. The van der Waals surface area contributed by atoms with Gasteiger partial charge in [0.25, 0.3) is 0 Å². The molecule has 90 valence electrons. The number of ether oxygens (including phenoxy) is 2. The van der Waals surface area contributed by atoms with Crippen molar-refractivity contribution in [1.29, 1.82) is 0 Å². The van der Waals surface area contributed by atoms with Crippen molar-refractivity contribution in [2.75, 3.05) is 20.3 Å². The van der Waals surface area contributed by atoms with Crippen LogP contribution in [0.2, 0.25) is 0 Å². The zero-order valence-electron chi connectivity index (χ0n) is 10.3. The van der Waals surface area contributed by atoms with Gasteiger partial charge in [-0.25, -0.2) is 0 Å². The summed E-state index contributed by atoms with van der Waals surface area (Å²) in [5, 5.41) is 0. The van der Waals surface area contributed by atoms with Crippen molar-refractivity contribution < 1.29 is 9.47 Å². The van der Waals surface area contributed by atoms with Gasteiger partial charge in [-0.15, -0.1) is 0 Å². The highest BCUT2D eigenvalue weighted by molar-refractivity contribution is 9.10. The topological polar surface area (TPSA) is 18.5 Å². The second-order valence-electron chi connectivity index (χ2n) is 4.40. The first kappa shape index (κ1) is 13.5. The molecule has 0 bridgehead atoms. The lowest BCUT2D eigenvalue weighted by Gasteiger charge is -2.24. The van der Waals surface area contributed by atoms with Crippen molar-refractivity contribution in [3.63, 3.8) is 0 Å². The maximum Gasteiger partial charge on any atom is 0.133 e. The highest BCUT2D eigenvalue weighted by Crippen LogP contribution is 2.31. The van der Waals surface area contributed by atoms with E-state index in [1.807, 2.05) is 13.0 Å². The molecule has 0 unspecified atom stereocenters. The van der Waals surface area contributed by atoms with Crippen molar-refractivity contribution in [2.24, 2.45) is 0 Å². The Morgan fingerprint density at radius 2 is 2.00 bits per heavy atom. The van der Waals surface area contributed by atoms with Crippen LogP contribution in [-0.4, -0.2) is 20.3 Å². The van der Waals surface area contributed by atoms with Gasteiger partial charge < -0.3 is 9.47 Å². The fraction of sp³-hybridized carbons (Fsp3) is 0.538. The quantitative estimate of drug-likeness (QED) is 0.820. The molecular weight excluding hydrogens is 268 g/mol. The largest absolute Gasteiger partial charge is 0.493 e. The summed E-state index contributed by atoms with van der Waals surface area (Å²) in [6.45, 7) is 7.69. The summed E-state index contributed by atoms with van der Waals surface area (Å²) in [4.78, 5) is 0. The molecule has 0 fully saturated rings. The highest BCUT2D eigenvalue weighted by atomic mass is 79.9. The number of benzene rings is 1. The van der Waals surface area contributed by atoms with E-state index in [0.29, 0.717) is 13.2 Å². The zero-order valence-corrected chi connectivity index (χ0v) is 11.9. The minimum Gasteiger partial charge on any atom is -0.493 e. The molecule has 16 heavy (non-hydrogen) atoms. The molecule has 0 aliphatic carbocycles. The number of rotatable bonds is 5. The second-order valence-corrected chi connectivity index (χ2v) is 5.25. The maximum absolute atomic E-state index is 5.49.